The van der Waals surface area contributed by atoms with Crippen molar-refractivity contribution in [2.45, 2.75) is 101 Å². The van der Waals surface area contributed by atoms with Gasteiger partial charge < -0.3 is 36.6 Å². The van der Waals surface area contributed by atoms with Crippen molar-refractivity contribution >= 4 is 41.5 Å². The normalized spacial score (nSPS) is 18.7. The summed E-state index contributed by atoms with van der Waals surface area (Å²) in [5, 5.41) is 37.3. The Bertz CT molecular complexity index is 942. The van der Waals surface area contributed by atoms with E-state index in [1.54, 1.807) is 0 Å². The number of amides is 4. The number of carboxylic acids is 3. The molecule has 2 saturated carbocycles. The highest BCUT2D eigenvalue weighted by molar-refractivity contribution is 5.96. The first-order valence-electron chi connectivity index (χ1n) is 12.7. The summed E-state index contributed by atoms with van der Waals surface area (Å²) in [5.41, 5.74) is -1.48. The van der Waals surface area contributed by atoms with Gasteiger partial charge in [0, 0.05) is 19.8 Å². The van der Waals surface area contributed by atoms with Crippen molar-refractivity contribution in [3.8, 4) is 0 Å². The molecule has 0 spiro atoms. The number of carbonyl (C=O) groups is 7. The quantitative estimate of drug-likeness (QED) is 0.141. The van der Waals surface area contributed by atoms with Crippen LogP contribution in [0.15, 0.2) is 0 Å². The number of aliphatic carboxylic acids is 3. The zero-order valence-corrected chi connectivity index (χ0v) is 21.3. The summed E-state index contributed by atoms with van der Waals surface area (Å²) in [6.07, 6.45) is 2.75. The van der Waals surface area contributed by atoms with Crippen LogP contribution < -0.4 is 21.3 Å². The number of carboxylic acid groups (broad SMARTS) is 3. The average Bonchev–Trinajstić information content (AvgIpc) is 3.63. The fraction of sp³-hybridized carbons (Fsp3) is 0.708. The molecule has 38 heavy (non-hydrogen) atoms. The van der Waals surface area contributed by atoms with Crippen LogP contribution in [0.5, 0.6) is 0 Å². The Kier molecular flexibility index (Phi) is 11.0. The predicted molar refractivity (Wildman–Crippen MR) is 130 cm³/mol. The number of carbonyl (C=O) groups excluding carboxylic acids is 4. The summed E-state index contributed by atoms with van der Waals surface area (Å²) in [6.45, 7) is 1.26. The molecule has 7 N–H and O–H groups in total. The third-order valence-electron chi connectivity index (χ3n) is 6.84. The van der Waals surface area contributed by atoms with E-state index in [9.17, 15) is 38.7 Å². The fourth-order valence-corrected chi connectivity index (χ4v) is 4.53. The highest BCUT2D eigenvalue weighted by atomic mass is 16.4. The molecule has 14 heteroatoms. The molecular formula is C24H36N4O10. The molecule has 0 aliphatic heterocycles. The monoisotopic (exact) mass is 540 g/mol. The SMILES string of the molecule is CC(=O)N[C@H](C(=O)N[C@@H](CCC(=O)O)C(=O)N[C@@H](CCC(=O)O)C(=O)NC1(C(=O)O)CC1)C1CCCCC1. The average molecular weight is 541 g/mol. The molecule has 2 aliphatic rings. The minimum Gasteiger partial charge on any atom is -0.481 e. The molecule has 0 bridgehead atoms. The maximum absolute atomic E-state index is 13.2. The molecule has 4 amide bonds. The molecule has 14 nitrogen and oxygen atoms in total. The van der Waals surface area contributed by atoms with E-state index in [4.69, 9.17) is 10.2 Å². The second-order valence-corrected chi connectivity index (χ2v) is 9.94. The molecule has 212 valence electrons. The Hall–Kier alpha value is -3.71. The molecule has 0 unspecified atom stereocenters. The molecule has 0 radical (unpaired) electrons. The number of hydrogen-bond donors (Lipinski definition) is 7. The van der Waals surface area contributed by atoms with Gasteiger partial charge in [-0.1, -0.05) is 19.3 Å². The van der Waals surface area contributed by atoms with Crippen molar-refractivity contribution < 1.29 is 48.9 Å². The van der Waals surface area contributed by atoms with Crippen LogP contribution in [-0.4, -0.2) is 80.5 Å². The lowest BCUT2D eigenvalue weighted by Gasteiger charge is -2.31. The van der Waals surface area contributed by atoms with E-state index < -0.39 is 78.0 Å². The van der Waals surface area contributed by atoms with Gasteiger partial charge in [-0.2, -0.15) is 0 Å². The van der Waals surface area contributed by atoms with Gasteiger partial charge >= 0.3 is 17.9 Å². The first-order chi connectivity index (χ1) is 17.8. The Morgan fingerprint density at radius 1 is 0.737 bits per heavy atom. The standard InChI is InChI=1S/C24H36N4O10/c1-13(29)25-19(14-5-3-2-4-6-14)22(36)27-15(7-9-17(30)31)20(34)26-16(8-10-18(32)33)21(35)28-24(11-12-24)23(37)38/h14-16,19H,2-12H2,1H3,(H,25,29)(H,26,34)(H,27,36)(H,28,35)(H,30,31)(H,32,33)(H,37,38)/t15-,16-,19-/m0/s1. The third-order valence-corrected chi connectivity index (χ3v) is 6.84. The van der Waals surface area contributed by atoms with Crippen molar-refractivity contribution in [2.75, 3.05) is 0 Å². The lowest BCUT2D eigenvalue weighted by Crippen LogP contribution is -2.59. The summed E-state index contributed by atoms with van der Waals surface area (Å²) in [5.74, 6) is -6.87. The van der Waals surface area contributed by atoms with Crippen LogP contribution in [0.4, 0.5) is 0 Å². The first-order valence-corrected chi connectivity index (χ1v) is 12.7. The predicted octanol–water partition coefficient (Wildman–Crippen LogP) is -0.496. The van der Waals surface area contributed by atoms with Gasteiger partial charge in [0.1, 0.15) is 23.7 Å². The van der Waals surface area contributed by atoms with E-state index >= 15 is 0 Å². The molecule has 2 rings (SSSR count). The van der Waals surface area contributed by atoms with Crippen molar-refractivity contribution in [1.82, 2.24) is 21.3 Å². The third kappa shape index (κ3) is 9.30. The Morgan fingerprint density at radius 2 is 1.24 bits per heavy atom. The number of nitrogens with one attached hydrogen (secondary N) is 4. The van der Waals surface area contributed by atoms with Gasteiger partial charge in [-0.25, -0.2) is 4.79 Å². The lowest BCUT2D eigenvalue weighted by atomic mass is 9.83. The Labute approximate surface area is 219 Å². The van der Waals surface area contributed by atoms with E-state index in [-0.39, 0.29) is 31.6 Å². The van der Waals surface area contributed by atoms with E-state index in [2.05, 4.69) is 21.3 Å². The van der Waals surface area contributed by atoms with Crippen molar-refractivity contribution in [1.29, 1.82) is 0 Å². The maximum atomic E-state index is 13.2. The van der Waals surface area contributed by atoms with Crippen molar-refractivity contribution in [2.24, 2.45) is 5.92 Å². The van der Waals surface area contributed by atoms with E-state index in [1.165, 1.54) is 6.92 Å². The zero-order chi connectivity index (χ0) is 28.5. The van der Waals surface area contributed by atoms with Gasteiger partial charge in [-0.15, -0.1) is 0 Å². The Balaban J connectivity index is 2.19. The van der Waals surface area contributed by atoms with Gasteiger partial charge in [0.25, 0.3) is 0 Å². The maximum Gasteiger partial charge on any atom is 0.329 e. The summed E-state index contributed by atoms with van der Waals surface area (Å²) in [4.78, 5) is 84.6. The molecule has 3 atom stereocenters. The van der Waals surface area contributed by atoms with Gasteiger partial charge in [0.15, 0.2) is 0 Å². The van der Waals surface area contributed by atoms with Crippen LogP contribution in [0, 0.1) is 5.92 Å². The molecular weight excluding hydrogens is 504 g/mol. The van der Waals surface area contributed by atoms with Crippen molar-refractivity contribution in [3.63, 3.8) is 0 Å². The summed E-state index contributed by atoms with van der Waals surface area (Å²) in [7, 11) is 0. The molecule has 0 aromatic heterocycles. The van der Waals surface area contributed by atoms with Crippen LogP contribution in [0.1, 0.15) is 77.6 Å². The molecule has 0 aromatic carbocycles. The number of hydrogen-bond acceptors (Lipinski definition) is 7. The van der Waals surface area contributed by atoms with Crippen LogP contribution in [0.2, 0.25) is 0 Å². The van der Waals surface area contributed by atoms with E-state index in [0.717, 1.165) is 19.3 Å². The molecule has 2 fully saturated rings. The second-order valence-electron chi connectivity index (χ2n) is 9.94. The van der Waals surface area contributed by atoms with Crippen LogP contribution in [0.3, 0.4) is 0 Å². The fourth-order valence-electron chi connectivity index (χ4n) is 4.53. The zero-order valence-electron chi connectivity index (χ0n) is 21.3. The summed E-state index contributed by atoms with van der Waals surface area (Å²) >= 11 is 0. The minimum absolute atomic E-state index is 0.171. The topological polar surface area (TPSA) is 228 Å². The second kappa shape index (κ2) is 13.7. The van der Waals surface area contributed by atoms with Crippen LogP contribution in [-0.2, 0) is 33.6 Å². The van der Waals surface area contributed by atoms with E-state index in [1.807, 2.05) is 0 Å². The number of rotatable bonds is 15. The minimum atomic E-state index is -1.48. The van der Waals surface area contributed by atoms with E-state index in [0.29, 0.717) is 12.8 Å². The summed E-state index contributed by atoms with van der Waals surface area (Å²) in [6, 6.07) is -3.79. The van der Waals surface area contributed by atoms with Gasteiger partial charge in [-0.3, -0.25) is 28.8 Å². The van der Waals surface area contributed by atoms with Gasteiger partial charge in [0.2, 0.25) is 23.6 Å². The highest BCUT2D eigenvalue weighted by Crippen LogP contribution is 2.35. The first kappa shape index (κ1) is 30.5. The van der Waals surface area contributed by atoms with Crippen molar-refractivity contribution in [3.05, 3.63) is 0 Å². The Morgan fingerprint density at radius 3 is 1.68 bits per heavy atom. The van der Waals surface area contributed by atoms with Gasteiger partial charge in [0.05, 0.1) is 0 Å². The summed E-state index contributed by atoms with van der Waals surface area (Å²) < 4.78 is 0. The van der Waals surface area contributed by atoms with Crippen LogP contribution in [0.25, 0.3) is 0 Å². The van der Waals surface area contributed by atoms with Gasteiger partial charge in [-0.05, 0) is 44.4 Å². The molecule has 0 aromatic rings. The highest BCUT2D eigenvalue weighted by Gasteiger charge is 2.52. The molecule has 0 heterocycles. The lowest BCUT2D eigenvalue weighted by molar-refractivity contribution is -0.144. The molecule has 0 saturated heterocycles. The smallest absolute Gasteiger partial charge is 0.329 e. The van der Waals surface area contributed by atoms with Crippen LogP contribution >= 0.6 is 0 Å². The molecule has 2 aliphatic carbocycles. The largest absolute Gasteiger partial charge is 0.481 e.